The van der Waals surface area contributed by atoms with Gasteiger partial charge in [0.2, 0.25) is 5.91 Å². The van der Waals surface area contributed by atoms with Crippen LogP contribution in [0.25, 0.3) is 6.08 Å². The Kier molecular flexibility index (Phi) is 8.38. The SMILES string of the molecule is COc1ccc(NC(=O)/C=C/c2cccc(Cl)c2)cc1OCCN1[C@H](C)CCC[C@@H]1C. The first-order chi connectivity index (χ1) is 15.0. The molecule has 0 aliphatic carbocycles. The summed E-state index contributed by atoms with van der Waals surface area (Å²) in [5.74, 6) is 1.04. The summed E-state index contributed by atoms with van der Waals surface area (Å²) in [6, 6.07) is 13.9. The maximum Gasteiger partial charge on any atom is 0.248 e. The summed E-state index contributed by atoms with van der Waals surface area (Å²) in [7, 11) is 1.61. The van der Waals surface area contributed by atoms with E-state index in [1.165, 1.54) is 25.3 Å². The van der Waals surface area contributed by atoms with Crippen molar-refractivity contribution in [3.63, 3.8) is 0 Å². The number of benzene rings is 2. The molecule has 5 nitrogen and oxygen atoms in total. The Balaban J connectivity index is 1.59. The third-order valence-electron chi connectivity index (χ3n) is 5.69. The Morgan fingerprint density at radius 2 is 1.94 bits per heavy atom. The molecule has 2 aromatic rings. The van der Waals surface area contributed by atoms with Gasteiger partial charge in [0, 0.05) is 41.5 Å². The lowest BCUT2D eigenvalue weighted by atomic mass is 9.98. The molecule has 31 heavy (non-hydrogen) atoms. The number of amides is 1. The average Bonchev–Trinajstić information content (AvgIpc) is 2.75. The maximum atomic E-state index is 12.3. The number of piperidine rings is 1. The van der Waals surface area contributed by atoms with Crippen LogP contribution in [0.2, 0.25) is 5.02 Å². The number of carbonyl (C=O) groups excluding carboxylic acids is 1. The number of nitrogens with zero attached hydrogens (tertiary/aromatic N) is 1. The van der Waals surface area contributed by atoms with Crippen LogP contribution in [0.4, 0.5) is 5.69 Å². The number of rotatable bonds is 8. The molecule has 0 radical (unpaired) electrons. The van der Waals surface area contributed by atoms with Crippen molar-refractivity contribution in [3.8, 4) is 11.5 Å². The van der Waals surface area contributed by atoms with Gasteiger partial charge < -0.3 is 14.8 Å². The second-order valence-electron chi connectivity index (χ2n) is 7.96. The van der Waals surface area contributed by atoms with E-state index in [2.05, 4.69) is 24.1 Å². The van der Waals surface area contributed by atoms with E-state index in [0.29, 0.717) is 40.9 Å². The van der Waals surface area contributed by atoms with Crippen LogP contribution >= 0.6 is 11.6 Å². The molecule has 0 bridgehead atoms. The van der Waals surface area contributed by atoms with Crippen molar-refractivity contribution < 1.29 is 14.3 Å². The van der Waals surface area contributed by atoms with Gasteiger partial charge in [-0.25, -0.2) is 0 Å². The molecular weight excluding hydrogens is 412 g/mol. The zero-order chi connectivity index (χ0) is 22.2. The standard InChI is InChI=1S/C25H31ClN2O3/c1-18-6-4-7-19(2)28(18)14-15-31-24-17-22(11-12-23(24)30-3)27-25(29)13-10-20-8-5-9-21(26)16-20/h5,8-13,16-19H,4,6-7,14-15H2,1-3H3,(H,27,29)/b13-10+/t18-,19+. The normalized spacial score (nSPS) is 19.4. The van der Waals surface area contributed by atoms with E-state index >= 15 is 0 Å². The van der Waals surface area contributed by atoms with Crippen molar-refractivity contribution in [2.45, 2.75) is 45.2 Å². The fraction of sp³-hybridized carbons (Fsp3) is 0.400. The molecule has 1 heterocycles. The van der Waals surface area contributed by atoms with Crippen molar-refractivity contribution in [2.24, 2.45) is 0 Å². The zero-order valence-corrected chi connectivity index (χ0v) is 19.2. The summed E-state index contributed by atoms with van der Waals surface area (Å²) in [4.78, 5) is 14.8. The number of nitrogens with one attached hydrogen (secondary N) is 1. The molecule has 6 heteroatoms. The quantitative estimate of drug-likeness (QED) is 0.537. The van der Waals surface area contributed by atoms with Crippen LogP contribution in [0, 0.1) is 0 Å². The van der Waals surface area contributed by atoms with Crippen LogP contribution in [0.3, 0.4) is 0 Å². The Morgan fingerprint density at radius 3 is 2.65 bits per heavy atom. The summed E-state index contributed by atoms with van der Waals surface area (Å²) in [5, 5.41) is 3.50. The average molecular weight is 443 g/mol. The van der Waals surface area contributed by atoms with Crippen LogP contribution in [-0.2, 0) is 4.79 Å². The molecule has 0 aromatic heterocycles. The van der Waals surface area contributed by atoms with E-state index in [9.17, 15) is 4.79 Å². The highest BCUT2D eigenvalue weighted by atomic mass is 35.5. The molecular formula is C25H31ClN2O3. The lowest BCUT2D eigenvalue weighted by Gasteiger charge is -2.38. The maximum absolute atomic E-state index is 12.3. The lowest BCUT2D eigenvalue weighted by Crippen LogP contribution is -2.45. The molecule has 1 saturated heterocycles. The zero-order valence-electron chi connectivity index (χ0n) is 18.4. The molecule has 0 saturated carbocycles. The van der Waals surface area contributed by atoms with Gasteiger partial charge in [0.05, 0.1) is 7.11 Å². The van der Waals surface area contributed by atoms with Gasteiger partial charge in [-0.2, -0.15) is 0 Å². The van der Waals surface area contributed by atoms with Crippen molar-refractivity contribution in [1.29, 1.82) is 0 Å². The monoisotopic (exact) mass is 442 g/mol. The minimum Gasteiger partial charge on any atom is -0.493 e. The molecule has 166 valence electrons. The number of likely N-dealkylation sites (tertiary alicyclic amines) is 1. The first-order valence-corrected chi connectivity index (χ1v) is 11.2. The number of hydrogen-bond donors (Lipinski definition) is 1. The third-order valence-corrected chi connectivity index (χ3v) is 5.93. The van der Waals surface area contributed by atoms with Crippen LogP contribution < -0.4 is 14.8 Å². The van der Waals surface area contributed by atoms with E-state index in [4.69, 9.17) is 21.1 Å². The van der Waals surface area contributed by atoms with Crippen LogP contribution in [0.5, 0.6) is 11.5 Å². The number of methoxy groups -OCH3 is 1. The minimum absolute atomic E-state index is 0.230. The van der Waals surface area contributed by atoms with E-state index in [0.717, 1.165) is 12.1 Å². The number of halogens is 1. The van der Waals surface area contributed by atoms with Gasteiger partial charge in [0.15, 0.2) is 11.5 Å². The Bertz CT molecular complexity index is 905. The van der Waals surface area contributed by atoms with Crippen LogP contribution in [0.15, 0.2) is 48.5 Å². The number of anilines is 1. The predicted molar refractivity (Wildman–Crippen MR) is 127 cm³/mol. The topological polar surface area (TPSA) is 50.8 Å². The Morgan fingerprint density at radius 1 is 1.16 bits per heavy atom. The minimum atomic E-state index is -0.230. The van der Waals surface area contributed by atoms with Crippen molar-refractivity contribution in [2.75, 3.05) is 25.6 Å². The summed E-state index contributed by atoms with van der Waals surface area (Å²) >= 11 is 5.98. The predicted octanol–water partition coefficient (Wildman–Crippen LogP) is 5.64. The lowest BCUT2D eigenvalue weighted by molar-refractivity contribution is -0.111. The van der Waals surface area contributed by atoms with E-state index < -0.39 is 0 Å². The second-order valence-corrected chi connectivity index (χ2v) is 8.39. The molecule has 1 amide bonds. The number of ether oxygens (including phenoxy) is 2. The van der Waals surface area contributed by atoms with Crippen LogP contribution in [0.1, 0.15) is 38.7 Å². The van der Waals surface area contributed by atoms with Gasteiger partial charge in [-0.05, 0) is 62.6 Å². The van der Waals surface area contributed by atoms with Crippen LogP contribution in [-0.4, -0.2) is 43.2 Å². The molecule has 0 spiro atoms. The largest absolute Gasteiger partial charge is 0.493 e. The van der Waals surface area contributed by atoms with Gasteiger partial charge in [-0.15, -0.1) is 0 Å². The van der Waals surface area contributed by atoms with Gasteiger partial charge in [0.25, 0.3) is 0 Å². The highest BCUT2D eigenvalue weighted by Gasteiger charge is 2.24. The molecule has 0 unspecified atom stereocenters. The van der Waals surface area contributed by atoms with Gasteiger partial charge in [-0.3, -0.25) is 9.69 Å². The van der Waals surface area contributed by atoms with E-state index in [-0.39, 0.29) is 5.91 Å². The first kappa shape index (κ1) is 23.2. The molecule has 1 N–H and O–H groups in total. The molecule has 1 fully saturated rings. The Labute approximate surface area is 190 Å². The van der Waals surface area contributed by atoms with Gasteiger partial charge in [-0.1, -0.05) is 30.2 Å². The highest BCUT2D eigenvalue weighted by molar-refractivity contribution is 6.30. The number of carbonyl (C=O) groups is 1. The molecule has 3 rings (SSSR count). The highest BCUT2D eigenvalue weighted by Crippen LogP contribution is 2.30. The molecule has 1 aliphatic heterocycles. The van der Waals surface area contributed by atoms with E-state index in [1.54, 1.807) is 43.5 Å². The summed E-state index contributed by atoms with van der Waals surface area (Å²) in [6.45, 7) is 5.99. The first-order valence-electron chi connectivity index (χ1n) is 10.8. The molecule has 2 atom stereocenters. The third kappa shape index (κ3) is 6.74. The van der Waals surface area contributed by atoms with Crippen molar-refractivity contribution in [1.82, 2.24) is 4.90 Å². The summed E-state index contributed by atoms with van der Waals surface area (Å²) in [5.41, 5.74) is 1.51. The van der Waals surface area contributed by atoms with Gasteiger partial charge >= 0.3 is 0 Å². The van der Waals surface area contributed by atoms with E-state index in [1.807, 2.05) is 12.1 Å². The van der Waals surface area contributed by atoms with Crippen molar-refractivity contribution >= 4 is 29.3 Å². The second kappa shape index (κ2) is 11.2. The van der Waals surface area contributed by atoms with Crippen molar-refractivity contribution in [3.05, 3.63) is 59.1 Å². The fourth-order valence-corrected chi connectivity index (χ4v) is 4.21. The smallest absolute Gasteiger partial charge is 0.248 e. The molecule has 1 aliphatic rings. The van der Waals surface area contributed by atoms with Gasteiger partial charge in [0.1, 0.15) is 6.61 Å². The molecule has 2 aromatic carbocycles. The summed E-state index contributed by atoms with van der Waals surface area (Å²) < 4.78 is 11.5. The Hall–Kier alpha value is -2.50. The summed E-state index contributed by atoms with van der Waals surface area (Å²) in [6.07, 6.45) is 6.97. The number of hydrogen-bond acceptors (Lipinski definition) is 4. The fourth-order valence-electron chi connectivity index (χ4n) is 4.01.